The molecule has 0 atom stereocenters. The maximum Gasteiger partial charge on any atom is 0.240 e. The molecule has 0 fully saturated rings. The number of hydrogen-bond donors (Lipinski definition) is 2. The van der Waals surface area contributed by atoms with Gasteiger partial charge in [0, 0.05) is 13.1 Å². The van der Waals surface area contributed by atoms with E-state index in [-0.39, 0.29) is 4.90 Å². The Balaban J connectivity index is 3.14. The maximum absolute atomic E-state index is 11.7. The summed E-state index contributed by atoms with van der Waals surface area (Å²) in [4.78, 5) is 2.29. The Bertz CT molecular complexity index is 525. The number of benzene rings is 1. The van der Waals surface area contributed by atoms with E-state index in [0.29, 0.717) is 11.7 Å². The molecule has 19 heavy (non-hydrogen) atoms. The van der Waals surface area contributed by atoms with Crippen molar-refractivity contribution in [3.8, 4) is 0 Å². The van der Waals surface area contributed by atoms with Crippen LogP contribution in [0.3, 0.4) is 0 Å². The number of anilines is 2. The normalized spacial score (nSPS) is 11.8. The minimum atomic E-state index is -3.44. The Morgan fingerprint density at radius 1 is 1.32 bits per heavy atom. The highest BCUT2D eigenvalue weighted by atomic mass is 32.2. The van der Waals surface area contributed by atoms with Gasteiger partial charge in [0.2, 0.25) is 10.0 Å². The third-order valence-electron chi connectivity index (χ3n) is 3.45. The van der Waals surface area contributed by atoms with Crippen molar-refractivity contribution in [3.05, 3.63) is 18.2 Å². The minimum absolute atomic E-state index is 0.189. The van der Waals surface area contributed by atoms with Crippen LogP contribution in [-0.4, -0.2) is 28.6 Å². The molecule has 0 radical (unpaired) electrons. The summed E-state index contributed by atoms with van der Waals surface area (Å²) in [5.41, 5.74) is 7.33. The highest BCUT2D eigenvalue weighted by Crippen LogP contribution is 2.28. The molecule has 6 heteroatoms. The molecule has 5 nitrogen and oxygen atoms in total. The molecule has 1 rings (SSSR count). The number of nitrogens with two attached hydrogens (primary N) is 1. The molecule has 0 bridgehead atoms. The van der Waals surface area contributed by atoms with E-state index in [9.17, 15) is 8.42 Å². The maximum atomic E-state index is 11.7. The fourth-order valence-corrected chi connectivity index (χ4v) is 2.94. The topological polar surface area (TPSA) is 75.4 Å². The molecule has 1 aromatic carbocycles. The number of rotatable bonds is 6. The Labute approximate surface area is 115 Å². The molecule has 1 aromatic rings. The highest BCUT2D eigenvalue weighted by Gasteiger charge is 2.17. The van der Waals surface area contributed by atoms with Crippen LogP contribution in [0.4, 0.5) is 11.4 Å². The largest absolute Gasteiger partial charge is 0.397 e. The molecule has 0 aliphatic heterocycles. The van der Waals surface area contributed by atoms with E-state index in [0.717, 1.165) is 18.5 Å². The van der Waals surface area contributed by atoms with Crippen molar-refractivity contribution in [2.75, 3.05) is 24.7 Å². The second-order valence-electron chi connectivity index (χ2n) is 4.51. The molecule has 0 saturated heterocycles. The van der Waals surface area contributed by atoms with E-state index in [1.807, 2.05) is 7.05 Å². The Hall–Kier alpha value is -1.27. The molecule has 0 aromatic heterocycles. The van der Waals surface area contributed by atoms with Crippen molar-refractivity contribution in [2.24, 2.45) is 0 Å². The van der Waals surface area contributed by atoms with Gasteiger partial charge in [-0.2, -0.15) is 0 Å². The SMILES string of the molecule is CCC(CC)N(C)c1ccc(S(=O)(=O)NC)cc1N. The highest BCUT2D eigenvalue weighted by molar-refractivity contribution is 7.89. The van der Waals surface area contributed by atoms with Gasteiger partial charge in [0.1, 0.15) is 0 Å². The molecule has 108 valence electrons. The van der Waals surface area contributed by atoms with Crippen LogP contribution >= 0.6 is 0 Å². The molecule has 0 spiro atoms. The minimum Gasteiger partial charge on any atom is -0.397 e. The van der Waals surface area contributed by atoms with E-state index in [1.54, 1.807) is 12.1 Å². The average molecular weight is 285 g/mol. The van der Waals surface area contributed by atoms with E-state index in [4.69, 9.17) is 5.73 Å². The fraction of sp³-hybridized carbons (Fsp3) is 0.538. The van der Waals surface area contributed by atoms with Crippen LogP contribution in [0.2, 0.25) is 0 Å². The van der Waals surface area contributed by atoms with Crippen LogP contribution in [0.1, 0.15) is 26.7 Å². The first-order valence-electron chi connectivity index (χ1n) is 6.43. The second kappa shape index (κ2) is 6.25. The van der Waals surface area contributed by atoms with Gasteiger partial charge in [0.15, 0.2) is 0 Å². The first-order chi connectivity index (χ1) is 8.87. The first kappa shape index (κ1) is 15.8. The lowest BCUT2D eigenvalue weighted by atomic mass is 10.1. The summed E-state index contributed by atoms with van der Waals surface area (Å²) in [6, 6.07) is 5.24. The van der Waals surface area contributed by atoms with Gasteiger partial charge in [0.05, 0.1) is 16.3 Å². The van der Waals surface area contributed by atoms with E-state index >= 15 is 0 Å². The molecule has 0 heterocycles. The summed E-state index contributed by atoms with van der Waals surface area (Å²) in [6.45, 7) is 4.25. The van der Waals surface area contributed by atoms with Gasteiger partial charge in [-0.1, -0.05) is 13.8 Å². The lowest BCUT2D eigenvalue weighted by molar-refractivity contribution is 0.587. The monoisotopic (exact) mass is 285 g/mol. The molecular formula is C13H23N3O2S. The van der Waals surface area contributed by atoms with Gasteiger partial charge < -0.3 is 10.6 Å². The number of hydrogen-bond acceptors (Lipinski definition) is 4. The number of nitrogen functional groups attached to an aromatic ring is 1. The Morgan fingerprint density at radius 3 is 2.32 bits per heavy atom. The van der Waals surface area contributed by atoms with Gasteiger partial charge in [-0.25, -0.2) is 13.1 Å². The van der Waals surface area contributed by atoms with Gasteiger partial charge in [-0.15, -0.1) is 0 Å². The molecular weight excluding hydrogens is 262 g/mol. The number of nitrogens with one attached hydrogen (secondary N) is 1. The Kier molecular flexibility index (Phi) is 5.20. The fourth-order valence-electron chi connectivity index (χ4n) is 2.17. The summed E-state index contributed by atoms with van der Waals surface area (Å²) in [6.07, 6.45) is 2.03. The molecule has 0 aliphatic carbocycles. The smallest absolute Gasteiger partial charge is 0.240 e. The van der Waals surface area contributed by atoms with E-state index in [1.165, 1.54) is 13.1 Å². The quantitative estimate of drug-likeness (QED) is 0.782. The van der Waals surface area contributed by atoms with Crippen molar-refractivity contribution < 1.29 is 8.42 Å². The van der Waals surface area contributed by atoms with Crippen molar-refractivity contribution in [2.45, 2.75) is 37.6 Å². The summed E-state index contributed by atoms with van der Waals surface area (Å²) in [5, 5.41) is 0. The zero-order valence-electron chi connectivity index (χ0n) is 12.0. The van der Waals surface area contributed by atoms with E-state index in [2.05, 4.69) is 23.5 Å². The molecule has 3 N–H and O–H groups in total. The summed E-state index contributed by atoms with van der Waals surface area (Å²) in [7, 11) is -0.0766. The van der Waals surface area contributed by atoms with Crippen LogP contribution in [0, 0.1) is 0 Å². The predicted octanol–water partition coefficient (Wildman–Crippen LogP) is 1.80. The standard InChI is InChI=1S/C13H23N3O2S/c1-5-10(6-2)16(4)13-8-7-11(9-12(13)14)19(17,18)15-3/h7-10,15H,5-6,14H2,1-4H3. The lowest BCUT2D eigenvalue weighted by Crippen LogP contribution is -2.31. The number of nitrogens with zero attached hydrogens (tertiary/aromatic N) is 1. The van der Waals surface area contributed by atoms with Crippen LogP contribution in [0.25, 0.3) is 0 Å². The zero-order valence-corrected chi connectivity index (χ0v) is 12.8. The number of sulfonamides is 1. The average Bonchev–Trinajstić information content (AvgIpc) is 2.39. The van der Waals surface area contributed by atoms with Crippen molar-refractivity contribution in [1.29, 1.82) is 0 Å². The van der Waals surface area contributed by atoms with Crippen LogP contribution in [-0.2, 0) is 10.0 Å². The predicted molar refractivity (Wildman–Crippen MR) is 79.9 cm³/mol. The van der Waals surface area contributed by atoms with Gasteiger partial charge in [0.25, 0.3) is 0 Å². The first-order valence-corrected chi connectivity index (χ1v) is 7.91. The van der Waals surface area contributed by atoms with Gasteiger partial charge in [-0.3, -0.25) is 0 Å². The summed E-state index contributed by atoms with van der Waals surface area (Å²) >= 11 is 0. The second-order valence-corrected chi connectivity index (χ2v) is 6.40. The van der Waals surface area contributed by atoms with E-state index < -0.39 is 10.0 Å². The Morgan fingerprint density at radius 2 is 1.89 bits per heavy atom. The van der Waals surface area contributed by atoms with Crippen molar-refractivity contribution in [1.82, 2.24) is 4.72 Å². The third-order valence-corrected chi connectivity index (χ3v) is 4.86. The van der Waals surface area contributed by atoms with Gasteiger partial charge in [-0.05, 0) is 38.1 Å². The zero-order chi connectivity index (χ0) is 14.6. The van der Waals surface area contributed by atoms with Crippen LogP contribution < -0.4 is 15.4 Å². The lowest BCUT2D eigenvalue weighted by Gasteiger charge is -2.29. The summed E-state index contributed by atoms with van der Waals surface area (Å²) in [5.74, 6) is 0. The van der Waals surface area contributed by atoms with Crippen molar-refractivity contribution >= 4 is 21.4 Å². The van der Waals surface area contributed by atoms with Gasteiger partial charge >= 0.3 is 0 Å². The third kappa shape index (κ3) is 3.39. The molecule has 0 aliphatic rings. The molecule has 0 amide bonds. The van der Waals surface area contributed by atoms with Crippen LogP contribution in [0.5, 0.6) is 0 Å². The van der Waals surface area contributed by atoms with Crippen LogP contribution in [0.15, 0.2) is 23.1 Å². The summed E-state index contributed by atoms with van der Waals surface area (Å²) < 4.78 is 25.7. The molecule has 0 unspecified atom stereocenters. The molecule has 0 saturated carbocycles. The van der Waals surface area contributed by atoms with Crippen molar-refractivity contribution in [3.63, 3.8) is 0 Å².